The van der Waals surface area contributed by atoms with Gasteiger partial charge in [-0.15, -0.1) is 0 Å². The summed E-state index contributed by atoms with van der Waals surface area (Å²) in [5.41, 5.74) is 1.05. The quantitative estimate of drug-likeness (QED) is 0.622. The van der Waals surface area contributed by atoms with E-state index < -0.39 is 5.91 Å². The third-order valence-electron chi connectivity index (χ3n) is 4.64. The molecule has 10 heteroatoms. The molecule has 0 bridgehead atoms. The smallest absolute Gasteiger partial charge is 0.272 e. The molecule has 30 heavy (non-hydrogen) atoms. The fourth-order valence-electron chi connectivity index (χ4n) is 3.05. The van der Waals surface area contributed by atoms with Gasteiger partial charge >= 0.3 is 0 Å². The summed E-state index contributed by atoms with van der Waals surface area (Å²) in [5, 5.41) is 10.1. The predicted molar refractivity (Wildman–Crippen MR) is 111 cm³/mol. The van der Waals surface area contributed by atoms with E-state index in [9.17, 15) is 9.59 Å². The molecule has 1 aromatic carbocycles. The van der Waals surface area contributed by atoms with E-state index in [4.69, 9.17) is 32.4 Å². The number of ether oxygens (including phenoxy) is 1. The van der Waals surface area contributed by atoms with Gasteiger partial charge in [0, 0.05) is 24.7 Å². The molecule has 0 atom stereocenters. The molecule has 0 aliphatic carbocycles. The third kappa shape index (κ3) is 4.35. The number of aromatic amines is 1. The maximum Gasteiger partial charge on any atom is 0.272 e. The number of furan rings is 1. The number of amides is 2. The number of aromatic nitrogens is 2. The maximum absolute atomic E-state index is 12.4. The van der Waals surface area contributed by atoms with Crippen molar-refractivity contribution in [3.05, 3.63) is 63.6 Å². The highest BCUT2D eigenvalue weighted by Gasteiger charge is 2.22. The molecule has 4 rings (SSSR count). The van der Waals surface area contributed by atoms with Gasteiger partial charge in [0.2, 0.25) is 0 Å². The van der Waals surface area contributed by atoms with Crippen molar-refractivity contribution in [2.45, 2.75) is 6.54 Å². The first-order chi connectivity index (χ1) is 14.5. The molecule has 1 saturated heterocycles. The van der Waals surface area contributed by atoms with Crippen LogP contribution in [0.25, 0.3) is 11.3 Å². The number of morpholine rings is 1. The first kappa shape index (κ1) is 20.5. The van der Waals surface area contributed by atoms with Crippen LogP contribution < -0.4 is 5.32 Å². The predicted octanol–water partition coefficient (Wildman–Crippen LogP) is 3.38. The van der Waals surface area contributed by atoms with Crippen LogP contribution in [-0.2, 0) is 11.3 Å². The molecular formula is C20H18Cl2N4O4. The zero-order valence-electron chi connectivity index (χ0n) is 15.8. The molecular weight excluding hydrogens is 431 g/mol. The average molecular weight is 449 g/mol. The minimum atomic E-state index is -0.425. The summed E-state index contributed by atoms with van der Waals surface area (Å²) in [6.07, 6.45) is 0. The molecule has 0 radical (unpaired) electrons. The first-order valence-corrected chi connectivity index (χ1v) is 10.0. The molecule has 1 fully saturated rings. The van der Waals surface area contributed by atoms with Crippen molar-refractivity contribution in [1.82, 2.24) is 20.4 Å². The molecule has 2 aromatic heterocycles. The van der Waals surface area contributed by atoms with Crippen molar-refractivity contribution < 1.29 is 18.7 Å². The number of nitrogens with one attached hydrogen (secondary N) is 2. The minimum absolute atomic E-state index is 0.122. The molecule has 156 valence electrons. The van der Waals surface area contributed by atoms with E-state index in [2.05, 4.69) is 15.5 Å². The van der Waals surface area contributed by atoms with E-state index in [1.165, 1.54) is 6.07 Å². The second-order valence-corrected chi connectivity index (χ2v) is 7.41. The zero-order chi connectivity index (χ0) is 21.1. The Morgan fingerprint density at radius 1 is 1.17 bits per heavy atom. The lowest BCUT2D eigenvalue weighted by molar-refractivity contribution is 0.0299. The van der Waals surface area contributed by atoms with Crippen LogP contribution in [0.4, 0.5) is 0 Å². The number of H-pyrrole nitrogens is 1. The van der Waals surface area contributed by atoms with E-state index >= 15 is 0 Å². The maximum atomic E-state index is 12.4. The van der Waals surface area contributed by atoms with Crippen LogP contribution in [0, 0.1) is 0 Å². The van der Waals surface area contributed by atoms with E-state index in [1.54, 1.807) is 35.2 Å². The van der Waals surface area contributed by atoms with E-state index in [0.29, 0.717) is 53.4 Å². The molecule has 1 aliphatic heterocycles. The largest absolute Gasteiger partial charge is 0.459 e. The summed E-state index contributed by atoms with van der Waals surface area (Å²) in [6, 6.07) is 10.2. The highest BCUT2D eigenvalue weighted by molar-refractivity contribution is 6.43. The number of nitrogens with zero attached hydrogens (tertiary/aromatic N) is 2. The van der Waals surface area contributed by atoms with Gasteiger partial charge in [-0.05, 0) is 24.3 Å². The Morgan fingerprint density at radius 3 is 2.77 bits per heavy atom. The lowest BCUT2D eigenvalue weighted by atomic mass is 10.2. The molecule has 3 heterocycles. The second-order valence-electron chi connectivity index (χ2n) is 6.62. The number of carbonyl (C=O) groups is 2. The van der Waals surface area contributed by atoms with E-state index in [-0.39, 0.29) is 23.8 Å². The van der Waals surface area contributed by atoms with Gasteiger partial charge < -0.3 is 19.4 Å². The van der Waals surface area contributed by atoms with Crippen LogP contribution in [0.15, 0.2) is 40.8 Å². The summed E-state index contributed by atoms with van der Waals surface area (Å²) in [5.74, 6) is 0.449. The van der Waals surface area contributed by atoms with Crippen LogP contribution >= 0.6 is 23.2 Å². The normalized spacial score (nSPS) is 14.0. The lowest BCUT2D eigenvalue weighted by Crippen LogP contribution is -2.40. The summed E-state index contributed by atoms with van der Waals surface area (Å²) >= 11 is 12.3. The van der Waals surface area contributed by atoms with Gasteiger partial charge in [-0.25, -0.2) is 0 Å². The Balaban J connectivity index is 1.37. The Bertz CT molecular complexity index is 1070. The summed E-state index contributed by atoms with van der Waals surface area (Å²) < 4.78 is 11.0. The van der Waals surface area contributed by atoms with Crippen LogP contribution in [0.1, 0.15) is 26.7 Å². The number of hydrogen-bond acceptors (Lipinski definition) is 5. The Morgan fingerprint density at radius 2 is 1.97 bits per heavy atom. The Labute approximate surface area is 182 Å². The third-order valence-corrected chi connectivity index (χ3v) is 5.46. The van der Waals surface area contributed by atoms with E-state index in [1.807, 2.05) is 0 Å². The Hall–Kier alpha value is -2.81. The van der Waals surface area contributed by atoms with Crippen LogP contribution in [0.3, 0.4) is 0 Å². The fraction of sp³-hybridized carbons (Fsp3) is 0.250. The van der Waals surface area contributed by atoms with Crippen molar-refractivity contribution in [2.75, 3.05) is 26.3 Å². The fourth-order valence-corrected chi connectivity index (χ4v) is 3.45. The van der Waals surface area contributed by atoms with Gasteiger partial charge in [0.15, 0.2) is 5.69 Å². The van der Waals surface area contributed by atoms with Crippen LogP contribution in [-0.4, -0.2) is 53.2 Å². The van der Waals surface area contributed by atoms with E-state index in [0.717, 1.165) is 0 Å². The molecule has 0 spiro atoms. The molecule has 0 saturated carbocycles. The number of halogens is 2. The standard InChI is InChI=1S/C20H18Cl2N4O4/c21-14-3-1-2-13(18(14)22)17-5-4-12(30-17)11-23-19(27)15-10-16(25-24-15)20(28)26-6-8-29-9-7-26/h1-5,10H,6-9,11H2,(H,23,27)(H,24,25). The zero-order valence-corrected chi connectivity index (χ0v) is 17.3. The number of benzene rings is 1. The topological polar surface area (TPSA) is 100 Å². The number of carbonyl (C=O) groups excluding carboxylic acids is 2. The van der Waals surface area contributed by atoms with Gasteiger partial charge in [-0.1, -0.05) is 29.3 Å². The van der Waals surface area contributed by atoms with Gasteiger partial charge in [-0.2, -0.15) is 5.10 Å². The average Bonchev–Trinajstić information content (AvgIpc) is 3.44. The van der Waals surface area contributed by atoms with Crippen molar-refractivity contribution >= 4 is 35.0 Å². The summed E-state index contributed by atoms with van der Waals surface area (Å²) in [6.45, 7) is 2.17. The van der Waals surface area contributed by atoms with Crippen molar-refractivity contribution in [3.8, 4) is 11.3 Å². The summed E-state index contributed by atoms with van der Waals surface area (Å²) in [4.78, 5) is 26.5. The van der Waals surface area contributed by atoms with Gasteiger partial charge in [-0.3, -0.25) is 14.7 Å². The summed E-state index contributed by atoms with van der Waals surface area (Å²) in [7, 11) is 0. The molecule has 2 amide bonds. The van der Waals surface area contributed by atoms with Crippen LogP contribution in [0.5, 0.6) is 0 Å². The molecule has 2 N–H and O–H groups in total. The second kappa shape index (κ2) is 8.91. The SMILES string of the molecule is O=C(NCc1ccc(-c2cccc(Cl)c2Cl)o1)c1cc(C(=O)N2CCOCC2)[nH]n1. The number of hydrogen-bond donors (Lipinski definition) is 2. The van der Waals surface area contributed by atoms with Gasteiger partial charge in [0.1, 0.15) is 17.2 Å². The minimum Gasteiger partial charge on any atom is -0.459 e. The van der Waals surface area contributed by atoms with Crippen molar-refractivity contribution in [3.63, 3.8) is 0 Å². The van der Waals surface area contributed by atoms with Crippen molar-refractivity contribution in [2.24, 2.45) is 0 Å². The highest BCUT2D eigenvalue weighted by Crippen LogP contribution is 2.34. The number of rotatable bonds is 5. The lowest BCUT2D eigenvalue weighted by Gasteiger charge is -2.26. The molecule has 0 unspecified atom stereocenters. The van der Waals surface area contributed by atoms with Crippen LogP contribution in [0.2, 0.25) is 10.0 Å². The Kier molecular flexibility index (Phi) is 6.08. The monoisotopic (exact) mass is 448 g/mol. The highest BCUT2D eigenvalue weighted by atomic mass is 35.5. The molecule has 8 nitrogen and oxygen atoms in total. The van der Waals surface area contributed by atoms with Crippen molar-refractivity contribution in [1.29, 1.82) is 0 Å². The first-order valence-electron chi connectivity index (χ1n) is 9.26. The molecule has 3 aromatic rings. The van der Waals surface area contributed by atoms with Gasteiger partial charge in [0.05, 0.1) is 29.8 Å². The van der Waals surface area contributed by atoms with Gasteiger partial charge in [0.25, 0.3) is 11.8 Å². The molecule has 1 aliphatic rings.